The Morgan fingerprint density at radius 3 is 2.69 bits per heavy atom. The van der Waals surface area contributed by atoms with E-state index in [4.69, 9.17) is 4.98 Å². The number of nitrogens with zero attached hydrogens (tertiary/aromatic N) is 2. The number of thioether (sulfide) groups is 1. The summed E-state index contributed by atoms with van der Waals surface area (Å²) < 4.78 is 2.02. The first-order valence-corrected chi connectivity index (χ1v) is 11.4. The van der Waals surface area contributed by atoms with E-state index in [1.165, 1.54) is 0 Å². The number of hydrogen-bond acceptors (Lipinski definition) is 4. The van der Waals surface area contributed by atoms with Gasteiger partial charge in [-0.3, -0.25) is 9.59 Å². The minimum Gasteiger partial charge on any atom is -0.338 e. The SMILES string of the molecule is Cn1c(C(NC(=O)c2ccc3c(c2)NC(=O)CCS3)c2ccccc2)nc2ccccc21. The quantitative estimate of drug-likeness (QED) is 0.487. The van der Waals surface area contributed by atoms with Crippen LogP contribution in [0.1, 0.15) is 34.2 Å². The number of carbonyl (C=O) groups is 2. The van der Waals surface area contributed by atoms with Gasteiger partial charge in [0.15, 0.2) is 0 Å². The number of hydrogen-bond donors (Lipinski definition) is 2. The van der Waals surface area contributed by atoms with Crippen molar-refractivity contribution in [1.82, 2.24) is 14.9 Å². The molecule has 32 heavy (non-hydrogen) atoms. The molecule has 0 saturated heterocycles. The molecular formula is C25H22N4O2S. The molecule has 2 heterocycles. The number of para-hydroxylation sites is 2. The van der Waals surface area contributed by atoms with Gasteiger partial charge in [0.1, 0.15) is 11.9 Å². The molecule has 0 aliphatic carbocycles. The Balaban J connectivity index is 1.51. The molecule has 1 aliphatic heterocycles. The zero-order valence-electron chi connectivity index (χ0n) is 17.5. The van der Waals surface area contributed by atoms with Crippen molar-refractivity contribution in [1.29, 1.82) is 0 Å². The minimum atomic E-state index is -0.427. The van der Waals surface area contributed by atoms with E-state index in [-0.39, 0.29) is 11.8 Å². The lowest BCUT2D eigenvalue weighted by Gasteiger charge is -2.20. The van der Waals surface area contributed by atoms with Crippen molar-refractivity contribution in [3.8, 4) is 0 Å². The number of benzene rings is 3. The summed E-state index contributed by atoms with van der Waals surface area (Å²) in [4.78, 5) is 31.1. The molecule has 0 saturated carbocycles. The second kappa shape index (κ2) is 8.51. The van der Waals surface area contributed by atoms with Crippen LogP contribution in [0.5, 0.6) is 0 Å². The van der Waals surface area contributed by atoms with Crippen molar-refractivity contribution in [2.75, 3.05) is 11.1 Å². The van der Waals surface area contributed by atoms with E-state index < -0.39 is 6.04 Å². The summed E-state index contributed by atoms with van der Waals surface area (Å²) >= 11 is 1.62. The van der Waals surface area contributed by atoms with Crippen molar-refractivity contribution in [3.63, 3.8) is 0 Å². The lowest BCUT2D eigenvalue weighted by molar-refractivity contribution is -0.115. The normalized spacial score (nSPS) is 14.3. The van der Waals surface area contributed by atoms with Crippen LogP contribution in [-0.4, -0.2) is 27.1 Å². The van der Waals surface area contributed by atoms with Crippen LogP contribution in [0.15, 0.2) is 77.7 Å². The molecule has 1 unspecified atom stereocenters. The molecule has 160 valence electrons. The van der Waals surface area contributed by atoms with Gasteiger partial charge in [-0.25, -0.2) is 4.98 Å². The van der Waals surface area contributed by atoms with Crippen molar-refractivity contribution < 1.29 is 9.59 Å². The van der Waals surface area contributed by atoms with Crippen molar-refractivity contribution in [3.05, 3.63) is 89.7 Å². The van der Waals surface area contributed by atoms with Gasteiger partial charge < -0.3 is 15.2 Å². The number of amides is 2. The molecule has 2 N–H and O–H groups in total. The maximum absolute atomic E-state index is 13.3. The Morgan fingerprint density at radius 1 is 1.09 bits per heavy atom. The van der Waals surface area contributed by atoms with Crippen LogP contribution in [0.3, 0.4) is 0 Å². The Hall–Kier alpha value is -3.58. The number of rotatable bonds is 4. The van der Waals surface area contributed by atoms with E-state index in [0.717, 1.165) is 33.1 Å². The molecule has 0 fully saturated rings. The first-order chi connectivity index (χ1) is 15.6. The number of carbonyl (C=O) groups excluding carboxylic acids is 2. The van der Waals surface area contributed by atoms with E-state index in [1.807, 2.05) is 72.3 Å². The number of aromatic nitrogens is 2. The van der Waals surface area contributed by atoms with Crippen molar-refractivity contribution in [2.24, 2.45) is 7.05 Å². The average molecular weight is 443 g/mol. The summed E-state index contributed by atoms with van der Waals surface area (Å²) in [7, 11) is 1.96. The standard InChI is InChI=1S/C25H22N4O2S/c1-29-20-10-6-5-9-18(20)27-24(29)23(16-7-3-2-4-8-16)28-25(31)17-11-12-21-19(15-17)26-22(30)13-14-32-21/h2-12,15,23H,13-14H2,1H3,(H,26,30)(H,28,31). The third-order valence-corrected chi connectivity index (χ3v) is 6.67. The summed E-state index contributed by atoms with van der Waals surface area (Å²) in [6.07, 6.45) is 0.462. The van der Waals surface area contributed by atoms with Crippen LogP contribution in [0.2, 0.25) is 0 Å². The van der Waals surface area contributed by atoms with Crippen LogP contribution in [0, 0.1) is 0 Å². The summed E-state index contributed by atoms with van der Waals surface area (Å²) in [5.74, 6) is 1.23. The molecule has 0 radical (unpaired) electrons. The second-order valence-electron chi connectivity index (χ2n) is 7.69. The van der Waals surface area contributed by atoms with Gasteiger partial charge in [0.2, 0.25) is 5.91 Å². The first-order valence-electron chi connectivity index (χ1n) is 10.4. The van der Waals surface area contributed by atoms with E-state index in [0.29, 0.717) is 17.7 Å². The molecule has 6 nitrogen and oxygen atoms in total. The zero-order valence-corrected chi connectivity index (χ0v) is 18.4. The van der Waals surface area contributed by atoms with Crippen molar-refractivity contribution >= 4 is 40.3 Å². The number of anilines is 1. The highest BCUT2D eigenvalue weighted by Crippen LogP contribution is 2.32. The Morgan fingerprint density at radius 2 is 1.88 bits per heavy atom. The van der Waals surface area contributed by atoms with E-state index in [1.54, 1.807) is 23.9 Å². The Bertz CT molecular complexity index is 1320. The summed E-state index contributed by atoms with van der Waals surface area (Å²) in [6, 6.07) is 22.8. The third-order valence-electron chi connectivity index (χ3n) is 5.59. The molecule has 0 spiro atoms. The van der Waals surface area contributed by atoms with Gasteiger partial charge in [0.25, 0.3) is 5.91 Å². The van der Waals surface area contributed by atoms with Gasteiger partial charge in [0, 0.05) is 29.7 Å². The summed E-state index contributed by atoms with van der Waals surface area (Å²) in [6.45, 7) is 0. The molecule has 5 rings (SSSR count). The van der Waals surface area contributed by atoms with Gasteiger partial charge in [-0.1, -0.05) is 42.5 Å². The fourth-order valence-corrected chi connectivity index (χ4v) is 4.88. The molecule has 1 aliphatic rings. The van der Waals surface area contributed by atoms with E-state index >= 15 is 0 Å². The largest absolute Gasteiger partial charge is 0.338 e. The fraction of sp³-hybridized carbons (Fsp3) is 0.160. The summed E-state index contributed by atoms with van der Waals surface area (Å²) in [5.41, 5.74) is 4.00. The van der Waals surface area contributed by atoms with Gasteiger partial charge in [-0.05, 0) is 35.9 Å². The number of aryl methyl sites for hydroxylation is 1. The summed E-state index contributed by atoms with van der Waals surface area (Å²) in [5, 5.41) is 6.06. The molecule has 1 aromatic heterocycles. The zero-order chi connectivity index (χ0) is 22.1. The highest BCUT2D eigenvalue weighted by atomic mass is 32.2. The lowest BCUT2D eigenvalue weighted by Crippen LogP contribution is -2.31. The molecular weight excluding hydrogens is 420 g/mol. The first kappa shape index (κ1) is 20.3. The molecule has 2 amide bonds. The van der Waals surface area contributed by atoms with Crippen LogP contribution in [-0.2, 0) is 11.8 Å². The monoisotopic (exact) mass is 442 g/mol. The Kier molecular flexibility index (Phi) is 5.41. The van der Waals surface area contributed by atoms with Crippen LogP contribution < -0.4 is 10.6 Å². The highest BCUT2D eigenvalue weighted by molar-refractivity contribution is 7.99. The van der Waals surface area contributed by atoms with Crippen molar-refractivity contribution in [2.45, 2.75) is 17.4 Å². The minimum absolute atomic E-state index is 0.0318. The van der Waals surface area contributed by atoms with Gasteiger partial charge >= 0.3 is 0 Å². The molecule has 4 aromatic rings. The fourth-order valence-electron chi connectivity index (χ4n) is 3.94. The topological polar surface area (TPSA) is 76.0 Å². The van der Waals surface area contributed by atoms with Crippen LogP contribution >= 0.6 is 11.8 Å². The maximum atomic E-state index is 13.3. The smallest absolute Gasteiger partial charge is 0.252 e. The maximum Gasteiger partial charge on any atom is 0.252 e. The second-order valence-corrected chi connectivity index (χ2v) is 8.83. The predicted molar refractivity (Wildman–Crippen MR) is 127 cm³/mol. The highest BCUT2D eigenvalue weighted by Gasteiger charge is 2.24. The number of nitrogens with one attached hydrogen (secondary N) is 2. The molecule has 1 atom stereocenters. The van der Waals surface area contributed by atoms with E-state index in [2.05, 4.69) is 10.6 Å². The average Bonchev–Trinajstić information content (AvgIpc) is 3.02. The Labute approximate surface area is 190 Å². The predicted octanol–water partition coefficient (Wildman–Crippen LogP) is 4.53. The van der Waals surface area contributed by atoms with Crippen LogP contribution in [0.25, 0.3) is 11.0 Å². The van der Waals surface area contributed by atoms with E-state index in [9.17, 15) is 9.59 Å². The van der Waals surface area contributed by atoms with Crippen LogP contribution in [0.4, 0.5) is 5.69 Å². The van der Waals surface area contributed by atoms with Gasteiger partial charge in [-0.15, -0.1) is 11.8 Å². The van der Waals surface area contributed by atoms with Gasteiger partial charge in [0.05, 0.1) is 16.7 Å². The number of imidazole rings is 1. The molecule has 7 heteroatoms. The van der Waals surface area contributed by atoms with Gasteiger partial charge in [-0.2, -0.15) is 0 Å². The number of fused-ring (bicyclic) bond motifs is 2. The third kappa shape index (κ3) is 3.87. The molecule has 0 bridgehead atoms. The lowest BCUT2D eigenvalue weighted by atomic mass is 10.1. The molecule has 3 aromatic carbocycles.